The van der Waals surface area contributed by atoms with Crippen molar-refractivity contribution < 1.29 is 23.8 Å². The molecule has 0 aromatic heterocycles. The average molecular weight is 368 g/mol. The van der Waals surface area contributed by atoms with Crippen LogP contribution in [0.4, 0.5) is 0 Å². The Morgan fingerprint density at radius 3 is 2.33 bits per heavy atom. The minimum Gasteiger partial charge on any atom is -0.465 e. The van der Waals surface area contributed by atoms with E-state index in [0.717, 1.165) is 5.56 Å². The van der Waals surface area contributed by atoms with Crippen LogP contribution in [0.2, 0.25) is 0 Å². The molecule has 5 nitrogen and oxygen atoms in total. The maximum absolute atomic E-state index is 12.9. The van der Waals surface area contributed by atoms with Crippen LogP contribution in [0.5, 0.6) is 11.5 Å². The number of rotatable bonds is 5. The van der Waals surface area contributed by atoms with Crippen LogP contribution in [0, 0.1) is 0 Å². The van der Waals surface area contributed by atoms with E-state index in [0.29, 0.717) is 22.6 Å². The van der Waals surface area contributed by atoms with E-state index < -0.39 is 11.3 Å². The second-order valence-electron chi connectivity index (χ2n) is 6.89. The highest BCUT2D eigenvalue weighted by molar-refractivity contribution is 5.89. The first-order chi connectivity index (χ1) is 12.9. The van der Waals surface area contributed by atoms with Gasteiger partial charge in [0.25, 0.3) is 0 Å². The SMILES string of the molecule is CCOC(=O)[C@H]1c2ccccc2Oc2cccc(C(C)(C)C(=O)OCC)c21. The summed E-state index contributed by atoms with van der Waals surface area (Å²) in [5, 5.41) is 0. The van der Waals surface area contributed by atoms with E-state index in [1.165, 1.54) is 0 Å². The molecule has 0 bridgehead atoms. The highest BCUT2D eigenvalue weighted by Crippen LogP contribution is 2.48. The van der Waals surface area contributed by atoms with E-state index in [1.54, 1.807) is 27.7 Å². The van der Waals surface area contributed by atoms with Gasteiger partial charge in [0, 0.05) is 11.1 Å². The number of hydrogen-bond donors (Lipinski definition) is 0. The molecule has 5 heteroatoms. The van der Waals surface area contributed by atoms with Crippen LogP contribution in [0.25, 0.3) is 0 Å². The fourth-order valence-corrected chi connectivity index (χ4v) is 3.45. The average Bonchev–Trinajstić information content (AvgIpc) is 2.65. The number of benzene rings is 2. The molecule has 3 rings (SSSR count). The van der Waals surface area contributed by atoms with Gasteiger partial charge in [-0.2, -0.15) is 0 Å². The molecule has 0 radical (unpaired) electrons. The Kier molecular flexibility index (Phi) is 5.22. The van der Waals surface area contributed by atoms with Gasteiger partial charge >= 0.3 is 11.9 Å². The highest BCUT2D eigenvalue weighted by atomic mass is 16.5. The van der Waals surface area contributed by atoms with Crippen LogP contribution in [0.1, 0.15) is 50.3 Å². The molecule has 142 valence electrons. The first-order valence-electron chi connectivity index (χ1n) is 9.15. The van der Waals surface area contributed by atoms with E-state index in [-0.39, 0.29) is 25.2 Å². The largest absolute Gasteiger partial charge is 0.465 e. The number of carbonyl (C=O) groups excluding carboxylic acids is 2. The summed E-state index contributed by atoms with van der Waals surface area (Å²) in [7, 11) is 0. The summed E-state index contributed by atoms with van der Waals surface area (Å²) >= 11 is 0. The molecule has 1 heterocycles. The Balaban J connectivity index is 2.21. The van der Waals surface area contributed by atoms with Crippen molar-refractivity contribution >= 4 is 11.9 Å². The van der Waals surface area contributed by atoms with Gasteiger partial charge < -0.3 is 14.2 Å². The zero-order chi connectivity index (χ0) is 19.6. The molecule has 0 spiro atoms. The molecule has 27 heavy (non-hydrogen) atoms. The summed E-state index contributed by atoms with van der Waals surface area (Å²) in [6, 6.07) is 12.9. The molecular weight excluding hydrogens is 344 g/mol. The molecule has 1 aliphatic rings. The number of ether oxygens (including phenoxy) is 3. The molecule has 2 aromatic carbocycles. The van der Waals surface area contributed by atoms with Gasteiger partial charge in [-0.3, -0.25) is 9.59 Å². The summed E-state index contributed by atoms with van der Waals surface area (Å²) in [5.74, 6) is -0.188. The van der Waals surface area contributed by atoms with Crippen LogP contribution in [-0.2, 0) is 24.5 Å². The summed E-state index contributed by atoms with van der Waals surface area (Å²) in [6.45, 7) is 7.70. The lowest BCUT2D eigenvalue weighted by Crippen LogP contribution is -2.34. The van der Waals surface area contributed by atoms with Gasteiger partial charge in [0.05, 0.1) is 18.6 Å². The quantitative estimate of drug-likeness (QED) is 0.735. The smallest absolute Gasteiger partial charge is 0.318 e. The van der Waals surface area contributed by atoms with Crippen LogP contribution in [0.3, 0.4) is 0 Å². The first-order valence-corrected chi connectivity index (χ1v) is 9.15. The predicted molar refractivity (Wildman–Crippen MR) is 101 cm³/mol. The van der Waals surface area contributed by atoms with Crippen molar-refractivity contribution in [1.29, 1.82) is 0 Å². The van der Waals surface area contributed by atoms with Crippen molar-refractivity contribution in [2.45, 2.75) is 39.0 Å². The first kappa shape index (κ1) is 19.0. The van der Waals surface area contributed by atoms with Crippen LogP contribution < -0.4 is 4.74 Å². The van der Waals surface area contributed by atoms with Gasteiger partial charge in [0.2, 0.25) is 0 Å². The fourth-order valence-electron chi connectivity index (χ4n) is 3.45. The van der Waals surface area contributed by atoms with Gasteiger partial charge in [-0.15, -0.1) is 0 Å². The zero-order valence-corrected chi connectivity index (χ0v) is 16.1. The van der Waals surface area contributed by atoms with Crippen LogP contribution in [0.15, 0.2) is 42.5 Å². The summed E-state index contributed by atoms with van der Waals surface area (Å²) < 4.78 is 16.7. The van der Waals surface area contributed by atoms with Crippen molar-refractivity contribution in [3.05, 3.63) is 59.2 Å². The third kappa shape index (κ3) is 3.29. The maximum Gasteiger partial charge on any atom is 0.318 e. The summed E-state index contributed by atoms with van der Waals surface area (Å²) in [4.78, 5) is 25.5. The molecule has 0 saturated heterocycles. The lowest BCUT2D eigenvalue weighted by Gasteiger charge is -2.33. The van der Waals surface area contributed by atoms with E-state index in [2.05, 4.69) is 0 Å². The van der Waals surface area contributed by atoms with E-state index in [1.807, 2.05) is 42.5 Å². The minimum atomic E-state index is -0.943. The molecule has 1 atom stereocenters. The van der Waals surface area contributed by atoms with Crippen molar-refractivity contribution in [2.75, 3.05) is 13.2 Å². The molecular formula is C22H24O5. The van der Waals surface area contributed by atoms with E-state index in [9.17, 15) is 9.59 Å². The molecule has 1 aliphatic heterocycles. The molecule has 0 amide bonds. The highest BCUT2D eigenvalue weighted by Gasteiger charge is 2.41. The van der Waals surface area contributed by atoms with Crippen molar-refractivity contribution in [2.24, 2.45) is 0 Å². The molecule has 0 unspecified atom stereocenters. The lowest BCUT2D eigenvalue weighted by molar-refractivity contribution is -0.149. The maximum atomic E-state index is 12.9. The lowest BCUT2D eigenvalue weighted by atomic mass is 9.75. The molecule has 0 aliphatic carbocycles. The molecule has 0 saturated carbocycles. The van der Waals surface area contributed by atoms with Gasteiger partial charge in [-0.05, 0) is 45.4 Å². The second kappa shape index (κ2) is 7.43. The number of esters is 2. The number of para-hydroxylation sites is 1. The van der Waals surface area contributed by atoms with E-state index >= 15 is 0 Å². The molecule has 2 aromatic rings. The Morgan fingerprint density at radius 2 is 1.63 bits per heavy atom. The zero-order valence-electron chi connectivity index (χ0n) is 16.1. The van der Waals surface area contributed by atoms with Crippen LogP contribution in [-0.4, -0.2) is 25.2 Å². The summed E-state index contributed by atoms with van der Waals surface area (Å²) in [5.41, 5.74) is 1.15. The monoisotopic (exact) mass is 368 g/mol. The third-order valence-electron chi connectivity index (χ3n) is 4.79. The van der Waals surface area contributed by atoms with Crippen molar-refractivity contribution in [1.82, 2.24) is 0 Å². The Bertz CT molecular complexity index is 869. The summed E-state index contributed by atoms with van der Waals surface area (Å²) in [6.07, 6.45) is 0. The van der Waals surface area contributed by atoms with Gasteiger partial charge in [0.1, 0.15) is 17.4 Å². The third-order valence-corrected chi connectivity index (χ3v) is 4.79. The molecule has 0 N–H and O–H groups in total. The normalized spacial score (nSPS) is 15.2. The standard InChI is InChI=1S/C22H24O5/c1-5-25-20(23)18-14-10-7-8-12-16(14)27-17-13-9-11-15(19(17)18)22(3,4)21(24)26-6-2/h7-13,18H,5-6H2,1-4H3/t18-/m0/s1. The Morgan fingerprint density at radius 1 is 0.963 bits per heavy atom. The van der Waals surface area contributed by atoms with Gasteiger partial charge in [-0.1, -0.05) is 30.3 Å². The van der Waals surface area contributed by atoms with Crippen molar-refractivity contribution in [3.8, 4) is 11.5 Å². The van der Waals surface area contributed by atoms with Crippen LogP contribution >= 0.6 is 0 Å². The minimum absolute atomic E-state index is 0.275. The predicted octanol–water partition coefficient (Wildman–Crippen LogP) is 4.33. The molecule has 0 fully saturated rings. The number of fused-ring (bicyclic) bond motifs is 2. The Labute approximate surface area is 159 Å². The van der Waals surface area contributed by atoms with Gasteiger partial charge in [-0.25, -0.2) is 0 Å². The van der Waals surface area contributed by atoms with Crippen molar-refractivity contribution in [3.63, 3.8) is 0 Å². The number of hydrogen-bond acceptors (Lipinski definition) is 5. The second-order valence-corrected chi connectivity index (χ2v) is 6.89. The fraction of sp³-hybridized carbons (Fsp3) is 0.364. The van der Waals surface area contributed by atoms with E-state index in [4.69, 9.17) is 14.2 Å². The Hall–Kier alpha value is -2.82. The number of carbonyl (C=O) groups is 2. The van der Waals surface area contributed by atoms with Gasteiger partial charge in [0.15, 0.2) is 0 Å². The topological polar surface area (TPSA) is 61.8 Å².